The molecular formula is C24H21N7OS. The van der Waals surface area contributed by atoms with Crippen LogP contribution in [0.4, 0.5) is 11.6 Å². The third kappa shape index (κ3) is 4.04. The van der Waals surface area contributed by atoms with Gasteiger partial charge >= 0.3 is 0 Å². The minimum Gasteiger partial charge on any atom is -0.378 e. The van der Waals surface area contributed by atoms with Gasteiger partial charge in [-0.15, -0.1) is 11.3 Å². The molecule has 0 bridgehead atoms. The Morgan fingerprint density at radius 1 is 1.03 bits per heavy atom. The van der Waals surface area contributed by atoms with Gasteiger partial charge in [0.05, 0.1) is 25.1 Å². The fourth-order valence-corrected chi connectivity index (χ4v) is 4.71. The maximum Gasteiger partial charge on any atom is 0.160 e. The third-order valence-corrected chi connectivity index (χ3v) is 6.49. The van der Waals surface area contributed by atoms with Crippen molar-refractivity contribution in [1.29, 1.82) is 0 Å². The fraction of sp³-hybridized carbons (Fsp3) is 0.167. The van der Waals surface area contributed by atoms with Crippen LogP contribution in [-0.2, 0) is 4.74 Å². The summed E-state index contributed by atoms with van der Waals surface area (Å²) in [6.07, 6.45) is 5.35. The Labute approximate surface area is 194 Å². The number of morpholine rings is 1. The predicted octanol–water partition coefficient (Wildman–Crippen LogP) is 4.29. The number of ether oxygens (including phenoxy) is 1. The highest BCUT2D eigenvalue weighted by Gasteiger charge is 2.18. The molecule has 0 unspecified atom stereocenters. The lowest BCUT2D eigenvalue weighted by Gasteiger charge is -2.29. The monoisotopic (exact) mass is 455 g/mol. The number of anilines is 2. The smallest absolute Gasteiger partial charge is 0.160 e. The van der Waals surface area contributed by atoms with E-state index in [9.17, 15) is 0 Å². The summed E-state index contributed by atoms with van der Waals surface area (Å²) in [4.78, 5) is 11.1. The first-order valence-corrected chi connectivity index (χ1v) is 11.6. The van der Waals surface area contributed by atoms with Crippen LogP contribution < -0.4 is 10.3 Å². The molecule has 4 aromatic heterocycles. The zero-order chi connectivity index (χ0) is 22.0. The second kappa shape index (κ2) is 8.61. The topological polar surface area (TPSA) is 79.9 Å². The van der Waals surface area contributed by atoms with Crippen LogP contribution >= 0.6 is 11.3 Å². The highest BCUT2D eigenvalue weighted by atomic mass is 32.1. The average Bonchev–Trinajstić information content (AvgIpc) is 3.51. The van der Waals surface area contributed by atoms with E-state index >= 15 is 0 Å². The molecule has 164 valence electrons. The van der Waals surface area contributed by atoms with Crippen molar-refractivity contribution in [2.45, 2.75) is 0 Å². The predicted molar refractivity (Wildman–Crippen MR) is 132 cm³/mol. The largest absolute Gasteiger partial charge is 0.378 e. The molecule has 0 atom stereocenters. The first-order valence-electron chi connectivity index (χ1n) is 10.7. The Morgan fingerprint density at radius 3 is 2.79 bits per heavy atom. The normalized spacial score (nSPS) is 14.5. The van der Waals surface area contributed by atoms with E-state index in [-0.39, 0.29) is 0 Å². The summed E-state index contributed by atoms with van der Waals surface area (Å²) in [6.45, 7) is 2.97. The molecule has 0 spiro atoms. The van der Waals surface area contributed by atoms with E-state index in [1.807, 2.05) is 35.0 Å². The van der Waals surface area contributed by atoms with E-state index in [0.717, 1.165) is 41.4 Å². The van der Waals surface area contributed by atoms with Gasteiger partial charge in [0, 0.05) is 47.9 Å². The van der Waals surface area contributed by atoms with E-state index in [0.29, 0.717) is 19.0 Å². The number of pyridine rings is 1. The lowest BCUT2D eigenvalue weighted by molar-refractivity contribution is 0.122. The Balaban J connectivity index is 1.34. The molecule has 8 nitrogen and oxygen atoms in total. The maximum atomic E-state index is 5.54. The zero-order valence-electron chi connectivity index (χ0n) is 17.8. The molecule has 0 aliphatic carbocycles. The van der Waals surface area contributed by atoms with E-state index in [1.165, 1.54) is 10.1 Å². The van der Waals surface area contributed by atoms with Crippen LogP contribution in [0.15, 0.2) is 71.4 Å². The molecule has 1 aromatic carbocycles. The molecular weight excluding hydrogens is 434 g/mol. The number of hydrogen-bond donors (Lipinski definition) is 1. The van der Waals surface area contributed by atoms with Crippen LogP contribution in [-0.4, -0.2) is 52.1 Å². The molecule has 1 N–H and O–H groups in total. The summed E-state index contributed by atoms with van der Waals surface area (Å²) in [7, 11) is 0. The molecule has 9 heteroatoms. The number of nitrogens with zero attached hydrogens (tertiary/aromatic N) is 6. The molecule has 6 rings (SSSR count). The Hall–Kier alpha value is -3.82. The quantitative estimate of drug-likeness (QED) is 0.315. The van der Waals surface area contributed by atoms with Crippen molar-refractivity contribution in [2.75, 3.05) is 36.6 Å². The van der Waals surface area contributed by atoms with Crippen molar-refractivity contribution in [3.8, 4) is 11.3 Å². The second-order valence-corrected chi connectivity index (χ2v) is 8.67. The lowest BCUT2D eigenvalue weighted by Crippen LogP contribution is -2.37. The molecule has 0 radical (unpaired) electrons. The summed E-state index contributed by atoms with van der Waals surface area (Å²) in [5.74, 6) is 1.62. The van der Waals surface area contributed by atoms with Crippen molar-refractivity contribution >= 4 is 44.9 Å². The van der Waals surface area contributed by atoms with Gasteiger partial charge < -0.3 is 9.64 Å². The van der Waals surface area contributed by atoms with Crippen LogP contribution in [0.1, 0.15) is 5.56 Å². The van der Waals surface area contributed by atoms with Crippen LogP contribution in [0.25, 0.3) is 27.0 Å². The number of hydrazone groups is 1. The van der Waals surface area contributed by atoms with Crippen molar-refractivity contribution in [2.24, 2.45) is 5.10 Å². The lowest BCUT2D eigenvalue weighted by atomic mass is 10.2. The van der Waals surface area contributed by atoms with Crippen molar-refractivity contribution in [1.82, 2.24) is 19.6 Å². The number of hydrogen-bond acceptors (Lipinski definition) is 8. The molecule has 1 aliphatic rings. The average molecular weight is 456 g/mol. The van der Waals surface area contributed by atoms with E-state index < -0.39 is 0 Å². The Bertz CT molecular complexity index is 1440. The summed E-state index contributed by atoms with van der Waals surface area (Å²) in [5, 5.41) is 12.6. The zero-order valence-corrected chi connectivity index (χ0v) is 18.6. The number of rotatable bonds is 5. The number of nitrogens with one attached hydrogen (secondary N) is 1. The molecule has 0 saturated carbocycles. The fourth-order valence-electron chi connectivity index (χ4n) is 3.94. The summed E-state index contributed by atoms with van der Waals surface area (Å²) < 4.78 is 8.71. The molecule has 1 fully saturated rings. The third-order valence-electron chi connectivity index (χ3n) is 5.59. The molecule has 1 saturated heterocycles. The summed E-state index contributed by atoms with van der Waals surface area (Å²) in [5.41, 5.74) is 6.75. The van der Waals surface area contributed by atoms with Crippen molar-refractivity contribution in [3.05, 3.63) is 71.9 Å². The molecule has 5 heterocycles. The van der Waals surface area contributed by atoms with Gasteiger partial charge in [-0.25, -0.2) is 4.98 Å². The van der Waals surface area contributed by atoms with Gasteiger partial charge in [-0.2, -0.15) is 14.7 Å². The summed E-state index contributed by atoms with van der Waals surface area (Å²) >= 11 is 1.74. The number of aromatic nitrogens is 4. The van der Waals surface area contributed by atoms with Gasteiger partial charge in [0.25, 0.3) is 0 Å². The van der Waals surface area contributed by atoms with Gasteiger partial charge in [0.1, 0.15) is 5.82 Å². The second-order valence-electron chi connectivity index (χ2n) is 7.72. The number of benzene rings is 1. The Morgan fingerprint density at radius 2 is 1.91 bits per heavy atom. The van der Waals surface area contributed by atoms with Crippen LogP contribution in [0.3, 0.4) is 0 Å². The minimum atomic E-state index is 0.665. The van der Waals surface area contributed by atoms with Crippen LogP contribution in [0, 0.1) is 0 Å². The highest BCUT2D eigenvalue weighted by molar-refractivity contribution is 7.17. The van der Waals surface area contributed by atoms with Gasteiger partial charge in [-0.3, -0.25) is 10.4 Å². The molecule has 33 heavy (non-hydrogen) atoms. The van der Waals surface area contributed by atoms with Gasteiger partial charge in [-0.05, 0) is 46.7 Å². The van der Waals surface area contributed by atoms with E-state index in [4.69, 9.17) is 14.8 Å². The summed E-state index contributed by atoms with van der Waals surface area (Å²) in [6, 6.07) is 16.3. The number of thiophene rings is 1. The molecule has 1 aliphatic heterocycles. The van der Waals surface area contributed by atoms with Crippen molar-refractivity contribution in [3.63, 3.8) is 0 Å². The van der Waals surface area contributed by atoms with Crippen LogP contribution in [0.5, 0.6) is 0 Å². The van der Waals surface area contributed by atoms with Gasteiger partial charge in [-0.1, -0.05) is 6.07 Å². The first kappa shape index (κ1) is 19.8. The van der Waals surface area contributed by atoms with Gasteiger partial charge in [0.2, 0.25) is 0 Å². The highest BCUT2D eigenvalue weighted by Crippen LogP contribution is 2.26. The standard InChI is InChI=1S/C24H21N7OS/c1-2-21-19(5-12-33-21)13-17(1)16-26-28-22-15-24(30-8-10-32-11-9-30)31-23(27-22)14-20(29-31)18-3-6-25-7-4-18/h1-7,12-16H,8-11H2,(H,27,28). The van der Waals surface area contributed by atoms with Crippen LogP contribution in [0.2, 0.25) is 0 Å². The Kier molecular flexibility index (Phi) is 5.17. The molecule has 0 amide bonds. The van der Waals surface area contributed by atoms with Crippen molar-refractivity contribution < 1.29 is 4.74 Å². The first-order chi connectivity index (χ1) is 16.3. The SMILES string of the molecule is C(=NNc1cc(N2CCOCC2)n2nc(-c3ccncc3)cc2n1)c1ccc2sccc2c1. The van der Waals surface area contributed by atoms with Gasteiger partial charge in [0.15, 0.2) is 11.5 Å². The minimum absolute atomic E-state index is 0.665. The number of fused-ring (bicyclic) bond motifs is 2. The molecule has 5 aromatic rings. The van der Waals surface area contributed by atoms with E-state index in [1.54, 1.807) is 23.7 Å². The maximum absolute atomic E-state index is 5.54. The van der Waals surface area contributed by atoms with E-state index in [2.05, 4.69) is 50.1 Å².